The Morgan fingerprint density at radius 2 is 2.29 bits per heavy atom. The summed E-state index contributed by atoms with van der Waals surface area (Å²) < 4.78 is 4.62. The van der Waals surface area contributed by atoms with Crippen LogP contribution < -0.4 is 5.32 Å². The van der Waals surface area contributed by atoms with Crippen molar-refractivity contribution < 1.29 is 14.3 Å². The topological polar surface area (TPSA) is 55.4 Å². The van der Waals surface area contributed by atoms with Gasteiger partial charge in [0.05, 0.1) is 7.11 Å². The van der Waals surface area contributed by atoms with Gasteiger partial charge in [-0.2, -0.15) is 0 Å². The van der Waals surface area contributed by atoms with E-state index in [9.17, 15) is 9.59 Å². The highest BCUT2D eigenvalue weighted by molar-refractivity contribution is 5.99. The number of rotatable bonds is 3. The average Bonchev–Trinajstić information content (AvgIpc) is 2.45. The Labute approximate surface area is 84.0 Å². The van der Waals surface area contributed by atoms with Crippen molar-refractivity contribution in [2.45, 2.75) is 20.3 Å². The molecule has 80 valence electrons. The average molecular weight is 199 g/mol. The molecule has 1 aliphatic heterocycles. The van der Waals surface area contributed by atoms with E-state index in [-0.39, 0.29) is 11.8 Å². The van der Waals surface area contributed by atoms with Gasteiger partial charge in [0.25, 0.3) is 0 Å². The van der Waals surface area contributed by atoms with Crippen molar-refractivity contribution in [3.63, 3.8) is 0 Å². The van der Waals surface area contributed by atoms with Crippen molar-refractivity contribution in [1.29, 1.82) is 0 Å². The molecule has 4 heteroatoms. The first-order chi connectivity index (χ1) is 6.56. The molecular weight excluding hydrogens is 182 g/mol. The third-order valence-electron chi connectivity index (χ3n) is 2.52. The normalized spacial score (nSPS) is 26.4. The van der Waals surface area contributed by atoms with Gasteiger partial charge in [-0.15, -0.1) is 0 Å². The molecule has 0 spiro atoms. The molecule has 2 unspecified atom stereocenters. The minimum Gasteiger partial charge on any atom is -0.468 e. The maximum Gasteiger partial charge on any atom is 0.318 e. The molecule has 0 aliphatic carbocycles. The molecule has 0 aromatic heterocycles. The van der Waals surface area contributed by atoms with Crippen LogP contribution in [0.3, 0.4) is 0 Å². The van der Waals surface area contributed by atoms with Gasteiger partial charge in [-0.3, -0.25) is 9.59 Å². The molecule has 0 aromatic rings. The van der Waals surface area contributed by atoms with Crippen molar-refractivity contribution in [3.8, 4) is 0 Å². The van der Waals surface area contributed by atoms with Crippen LogP contribution in [0, 0.1) is 17.8 Å². The standard InChI is InChI=1S/C10H17NO3/c1-6(2)4-7-5-11-9(12)8(7)10(13)14-3/h6-8H,4-5H2,1-3H3,(H,11,12). The van der Waals surface area contributed by atoms with Crippen molar-refractivity contribution in [3.05, 3.63) is 0 Å². The highest BCUT2D eigenvalue weighted by atomic mass is 16.5. The Hall–Kier alpha value is -1.06. The maximum atomic E-state index is 11.4. The summed E-state index contributed by atoms with van der Waals surface area (Å²) in [6.45, 7) is 4.76. The lowest BCUT2D eigenvalue weighted by atomic mass is 9.88. The van der Waals surface area contributed by atoms with Gasteiger partial charge in [0.1, 0.15) is 5.92 Å². The van der Waals surface area contributed by atoms with Gasteiger partial charge >= 0.3 is 5.97 Å². The molecule has 0 aromatic carbocycles. The predicted octanol–water partition coefficient (Wildman–Crippen LogP) is 0.568. The molecule has 1 rings (SSSR count). The molecular formula is C10H17NO3. The Morgan fingerprint density at radius 1 is 1.64 bits per heavy atom. The monoisotopic (exact) mass is 199 g/mol. The highest BCUT2D eigenvalue weighted by Crippen LogP contribution is 2.25. The fourth-order valence-electron chi connectivity index (χ4n) is 1.92. The van der Waals surface area contributed by atoms with E-state index in [1.54, 1.807) is 0 Å². The maximum absolute atomic E-state index is 11.4. The SMILES string of the molecule is COC(=O)C1C(=O)NCC1CC(C)C. The first-order valence-corrected chi connectivity index (χ1v) is 4.91. The van der Waals surface area contributed by atoms with Crippen LogP contribution in [0.15, 0.2) is 0 Å². The number of ether oxygens (including phenoxy) is 1. The lowest BCUT2D eigenvalue weighted by molar-refractivity contribution is -0.150. The van der Waals surface area contributed by atoms with Crippen molar-refractivity contribution >= 4 is 11.9 Å². The molecule has 4 nitrogen and oxygen atoms in total. The van der Waals surface area contributed by atoms with E-state index < -0.39 is 11.9 Å². The molecule has 1 aliphatic rings. The van der Waals surface area contributed by atoms with Crippen molar-refractivity contribution in [2.24, 2.45) is 17.8 Å². The van der Waals surface area contributed by atoms with Gasteiger partial charge < -0.3 is 10.1 Å². The van der Waals surface area contributed by atoms with Crippen LogP contribution >= 0.6 is 0 Å². The van der Waals surface area contributed by atoms with E-state index in [0.717, 1.165) is 6.42 Å². The molecule has 0 radical (unpaired) electrons. The van der Waals surface area contributed by atoms with Gasteiger partial charge in [-0.05, 0) is 18.3 Å². The van der Waals surface area contributed by atoms with Gasteiger partial charge in [0.15, 0.2) is 0 Å². The summed E-state index contributed by atoms with van der Waals surface area (Å²) in [5.41, 5.74) is 0. The molecule has 2 atom stereocenters. The number of nitrogens with one attached hydrogen (secondary N) is 1. The summed E-state index contributed by atoms with van der Waals surface area (Å²) in [6, 6.07) is 0. The number of hydrogen-bond donors (Lipinski definition) is 1. The molecule has 1 heterocycles. The summed E-state index contributed by atoms with van der Waals surface area (Å²) in [4.78, 5) is 22.7. The minimum absolute atomic E-state index is 0.0925. The minimum atomic E-state index is -0.595. The zero-order chi connectivity index (χ0) is 10.7. The summed E-state index contributed by atoms with van der Waals surface area (Å²) in [6.07, 6.45) is 0.874. The van der Waals surface area contributed by atoms with Gasteiger partial charge in [-0.25, -0.2) is 0 Å². The van der Waals surface area contributed by atoms with E-state index >= 15 is 0 Å². The van der Waals surface area contributed by atoms with E-state index in [2.05, 4.69) is 23.9 Å². The van der Waals surface area contributed by atoms with Gasteiger partial charge in [0.2, 0.25) is 5.91 Å². The van der Waals surface area contributed by atoms with E-state index in [1.807, 2.05) is 0 Å². The molecule has 1 N–H and O–H groups in total. The predicted molar refractivity (Wildman–Crippen MR) is 51.5 cm³/mol. The molecule has 0 saturated carbocycles. The van der Waals surface area contributed by atoms with Crippen LogP contribution in [-0.2, 0) is 14.3 Å². The summed E-state index contributed by atoms with van der Waals surface area (Å²) in [5.74, 6) is -0.620. The fourth-order valence-corrected chi connectivity index (χ4v) is 1.92. The van der Waals surface area contributed by atoms with Crippen LogP contribution in [0.25, 0.3) is 0 Å². The summed E-state index contributed by atoms with van der Waals surface area (Å²) >= 11 is 0. The number of methoxy groups -OCH3 is 1. The Kier molecular flexibility index (Phi) is 3.49. The second kappa shape index (κ2) is 4.44. The first kappa shape index (κ1) is 11.0. The number of hydrogen-bond acceptors (Lipinski definition) is 3. The van der Waals surface area contributed by atoms with E-state index in [0.29, 0.717) is 12.5 Å². The third kappa shape index (κ3) is 2.25. The Bertz CT molecular complexity index is 238. The molecule has 0 bridgehead atoms. The molecule has 1 amide bonds. The van der Waals surface area contributed by atoms with Crippen molar-refractivity contribution in [1.82, 2.24) is 5.32 Å². The highest BCUT2D eigenvalue weighted by Gasteiger charge is 2.40. The summed E-state index contributed by atoms with van der Waals surface area (Å²) in [5, 5.41) is 2.70. The molecule has 1 fully saturated rings. The third-order valence-corrected chi connectivity index (χ3v) is 2.52. The summed E-state index contributed by atoms with van der Waals surface area (Å²) in [7, 11) is 1.32. The number of carbonyl (C=O) groups is 2. The zero-order valence-electron chi connectivity index (χ0n) is 8.87. The lowest BCUT2D eigenvalue weighted by Crippen LogP contribution is -2.29. The Morgan fingerprint density at radius 3 is 2.79 bits per heavy atom. The molecule has 1 saturated heterocycles. The number of carbonyl (C=O) groups excluding carboxylic acids is 2. The fraction of sp³-hybridized carbons (Fsp3) is 0.800. The van der Waals surface area contributed by atoms with Gasteiger partial charge in [-0.1, -0.05) is 13.8 Å². The van der Waals surface area contributed by atoms with Crippen LogP contribution in [0.5, 0.6) is 0 Å². The van der Waals surface area contributed by atoms with E-state index in [1.165, 1.54) is 7.11 Å². The first-order valence-electron chi connectivity index (χ1n) is 4.91. The quantitative estimate of drug-likeness (QED) is 0.534. The van der Waals surface area contributed by atoms with Crippen LogP contribution in [0.1, 0.15) is 20.3 Å². The van der Waals surface area contributed by atoms with Crippen LogP contribution in [0.2, 0.25) is 0 Å². The van der Waals surface area contributed by atoms with E-state index in [4.69, 9.17) is 0 Å². The van der Waals surface area contributed by atoms with Crippen molar-refractivity contribution in [2.75, 3.05) is 13.7 Å². The number of esters is 1. The second-order valence-corrected chi connectivity index (χ2v) is 4.14. The number of amides is 1. The Balaban J connectivity index is 2.66. The van der Waals surface area contributed by atoms with Crippen LogP contribution in [-0.4, -0.2) is 25.5 Å². The van der Waals surface area contributed by atoms with Gasteiger partial charge in [0, 0.05) is 6.54 Å². The smallest absolute Gasteiger partial charge is 0.318 e. The zero-order valence-corrected chi connectivity index (χ0v) is 8.87. The molecule has 14 heavy (non-hydrogen) atoms. The largest absolute Gasteiger partial charge is 0.468 e. The second-order valence-electron chi connectivity index (χ2n) is 4.14. The van der Waals surface area contributed by atoms with Crippen LogP contribution in [0.4, 0.5) is 0 Å². The lowest BCUT2D eigenvalue weighted by Gasteiger charge is -2.16.